The number of amides is 1. The first-order valence-corrected chi connectivity index (χ1v) is 12.1. The third-order valence-electron chi connectivity index (χ3n) is 5.80. The van der Waals surface area contributed by atoms with E-state index >= 15 is 0 Å². The van der Waals surface area contributed by atoms with Crippen LogP contribution >= 0.6 is 31.9 Å². The van der Waals surface area contributed by atoms with Gasteiger partial charge in [0.2, 0.25) is 0 Å². The number of carbonyl (C=O) groups excluding carboxylic acids is 2. The lowest BCUT2D eigenvalue weighted by Crippen LogP contribution is -2.38. The van der Waals surface area contributed by atoms with Gasteiger partial charge in [-0.1, -0.05) is 56.1 Å². The molecule has 4 rings (SSSR count). The second-order valence-electron chi connectivity index (χ2n) is 7.86. The largest absolute Gasteiger partial charge is 0.507 e. The van der Waals surface area contributed by atoms with Gasteiger partial charge >= 0.3 is 0 Å². The van der Waals surface area contributed by atoms with Crippen LogP contribution < -0.4 is 0 Å². The number of ketones is 1. The van der Waals surface area contributed by atoms with E-state index in [1.54, 1.807) is 29.2 Å². The highest BCUT2D eigenvalue weighted by Crippen LogP contribution is 2.40. The minimum absolute atomic E-state index is 0.127. The molecular formula is C24H24Br2N2O4. The Bertz CT molecular complexity index is 1030. The highest BCUT2D eigenvalue weighted by atomic mass is 79.9. The van der Waals surface area contributed by atoms with Crippen LogP contribution in [0.4, 0.5) is 0 Å². The molecule has 0 bridgehead atoms. The standard InChI is InChI=1S/C24H24Br2N2O4/c25-18-7-5-16(6-8-18)22(29)20-21(17-3-1-4-19(26)15-17)28(24(31)23(20)30)10-2-9-27-11-13-32-14-12-27/h1,3-8,15,21,29H,2,9-14H2/b22-20+/t21-/m0/s1. The average molecular weight is 564 g/mol. The average Bonchev–Trinajstić information content (AvgIpc) is 3.05. The van der Waals surface area contributed by atoms with E-state index in [4.69, 9.17) is 4.74 Å². The number of nitrogens with zero attached hydrogens (tertiary/aromatic N) is 2. The van der Waals surface area contributed by atoms with E-state index in [9.17, 15) is 14.7 Å². The van der Waals surface area contributed by atoms with E-state index in [1.807, 2.05) is 24.3 Å². The van der Waals surface area contributed by atoms with Crippen molar-refractivity contribution in [3.05, 3.63) is 74.2 Å². The summed E-state index contributed by atoms with van der Waals surface area (Å²) < 4.78 is 7.10. The van der Waals surface area contributed by atoms with Crippen molar-refractivity contribution in [2.75, 3.05) is 39.4 Å². The highest BCUT2D eigenvalue weighted by Gasteiger charge is 2.45. The summed E-state index contributed by atoms with van der Waals surface area (Å²) in [6.45, 7) is 4.43. The molecule has 2 aliphatic heterocycles. The molecule has 0 aliphatic carbocycles. The van der Waals surface area contributed by atoms with E-state index in [0.717, 1.165) is 53.8 Å². The molecule has 32 heavy (non-hydrogen) atoms. The molecule has 2 aliphatic rings. The molecule has 0 radical (unpaired) electrons. The number of halogens is 2. The van der Waals surface area contributed by atoms with Gasteiger partial charge in [0.25, 0.3) is 11.7 Å². The molecule has 0 aromatic heterocycles. The molecule has 2 aromatic rings. The van der Waals surface area contributed by atoms with Crippen LogP contribution in [0.5, 0.6) is 0 Å². The van der Waals surface area contributed by atoms with Crippen molar-refractivity contribution < 1.29 is 19.4 Å². The fourth-order valence-electron chi connectivity index (χ4n) is 4.19. The summed E-state index contributed by atoms with van der Waals surface area (Å²) in [6, 6.07) is 13.9. The smallest absolute Gasteiger partial charge is 0.295 e. The predicted molar refractivity (Wildman–Crippen MR) is 129 cm³/mol. The van der Waals surface area contributed by atoms with Gasteiger partial charge in [-0.2, -0.15) is 0 Å². The van der Waals surface area contributed by atoms with Crippen molar-refractivity contribution in [2.45, 2.75) is 12.5 Å². The topological polar surface area (TPSA) is 70.1 Å². The Hall–Kier alpha value is -2.00. The van der Waals surface area contributed by atoms with Gasteiger partial charge in [-0.25, -0.2) is 0 Å². The lowest BCUT2D eigenvalue weighted by molar-refractivity contribution is -0.140. The van der Waals surface area contributed by atoms with Gasteiger partial charge in [-0.05, 0) is 36.2 Å². The molecule has 6 nitrogen and oxygen atoms in total. The van der Waals surface area contributed by atoms with Gasteiger partial charge in [0.15, 0.2) is 0 Å². The van der Waals surface area contributed by atoms with Crippen LogP contribution in [-0.2, 0) is 14.3 Å². The van der Waals surface area contributed by atoms with E-state index in [2.05, 4.69) is 36.8 Å². The number of rotatable bonds is 6. The number of hydrogen-bond acceptors (Lipinski definition) is 5. The molecule has 1 N–H and O–H groups in total. The third kappa shape index (κ3) is 4.98. The van der Waals surface area contributed by atoms with E-state index in [-0.39, 0.29) is 11.3 Å². The number of hydrogen-bond donors (Lipinski definition) is 1. The minimum atomic E-state index is -0.651. The Morgan fingerprint density at radius 1 is 1.00 bits per heavy atom. The van der Waals surface area contributed by atoms with Crippen molar-refractivity contribution in [1.29, 1.82) is 0 Å². The monoisotopic (exact) mass is 562 g/mol. The van der Waals surface area contributed by atoms with Crippen LogP contribution in [-0.4, -0.2) is 66.0 Å². The maximum atomic E-state index is 13.1. The van der Waals surface area contributed by atoms with Crippen LogP contribution in [0.2, 0.25) is 0 Å². The maximum absolute atomic E-state index is 13.1. The Morgan fingerprint density at radius 3 is 2.41 bits per heavy atom. The third-order valence-corrected chi connectivity index (χ3v) is 6.82. The van der Waals surface area contributed by atoms with Crippen LogP contribution in [0.3, 0.4) is 0 Å². The normalized spacial score (nSPS) is 21.3. The summed E-state index contributed by atoms with van der Waals surface area (Å²) in [5.74, 6) is -1.38. The zero-order chi connectivity index (χ0) is 22.7. The number of aliphatic hydroxyl groups is 1. The molecule has 168 valence electrons. The summed E-state index contributed by atoms with van der Waals surface area (Å²) in [7, 11) is 0. The molecule has 2 aromatic carbocycles. The first-order chi connectivity index (χ1) is 15.5. The number of aliphatic hydroxyl groups excluding tert-OH is 1. The van der Waals surface area contributed by atoms with Gasteiger partial charge in [0.05, 0.1) is 24.8 Å². The molecule has 0 spiro atoms. The quantitative estimate of drug-likeness (QED) is 0.321. The second-order valence-corrected chi connectivity index (χ2v) is 9.69. The van der Waals surface area contributed by atoms with Gasteiger partial charge in [-0.15, -0.1) is 0 Å². The summed E-state index contributed by atoms with van der Waals surface area (Å²) >= 11 is 6.87. The number of carbonyl (C=O) groups is 2. The molecule has 0 saturated carbocycles. The second kappa shape index (κ2) is 10.3. The number of benzene rings is 2. The van der Waals surface area contributed by atoms with Crippen LogP contribution in [0.25, 0.3) is 5.76 Å². The zero-order valence-electron chi connectivity index (χ0n) is 17.5. The van der Waals surface area contributed by atoms with Gasteiger partial charge in [0, 0.05) is 40.7 Å². The molecule has 2 heterocycles. The SMILES string of the molecule is O=C1C(=O)N(CCCN2CCOCC2)[C@@H](c2cccc(Br)c2)/C1=C(\O)c1ccc(Br)cc1. The van der Waals surface area contributed by atoms with Crippen molar-refractivity contribution in [2.24, 2.45) is 0 Å². The summed E-state index contributed by atoms with van der Waals surface area (Å²) in [4.78, 5) is 30.0. The van der Waals surface area contributed by atoms with Crippen LogP contribution in [0.15, 0.2) is 63.0 Å². The highest BCUT2D eigenvalue weighted by molar-refractivity contribution is 9.10. The predicted octanol–water partition coefficient (Wildman–Crippen LogP) is 4.36. The number of ether oxygens (including phenoxy) is 1. The van der Waals surface area contributed by atoms with Gasteiger partial charge in [0.1, 0.15) is 5.76 Å². The van der Waals surface area contributed by atoms with E-state index < -0.39 is 17.7 Å². The Labute approximate surface area is 204 Å². The summed E-state index contributed by atoms with van der Waals surface area (Å²) in [5, 5.41) is 11.1. The number of likely N-dealkylation sites (tertiary alicyclic amines) is 1. The molecule has 8 heteroatoms. The van der Waals surface area contributed by atoms with Crippen molar-refractivity contribution in [3.8, 4) is 0 Å². The molecule has 2 saturated heterocycles. The van der Waals surface area contributed by atoms with Crippen LogP contribution in [0.1, 0.15) is 23.6 Å². The summed E-state index contributed by atoms with van der Waals surface area (Å²) in [6.07, 6.45) is 0.732. The fourth-order valence-corrected chi connectivity index (χ4v) is 4.87. The molecule has 1 amide bonds. The lowest BCUT2D eigenvalue weighted by Gasteiger charge is -2.29. The first kappa shape index (κ1) is 23.2. The van der Waals surface area contributed by atoms with Crippen molar-refractivity contribution in [1.82, 2.24) is 9.80 Å². The van der Waals surface area contributed by atoms with Gasteiger partial charge in [-0.3, -0.25) is 14.5 Å². The Morgan fingerprint density at radius 2 is 1.72 bits per heavy atom. The van der Waals surface area contributed by atoms with E-state index in [1.165, 1.54) is 0 Å². The van der Waals surface area contributed by atoms with Crippen LogP contribution in [0, 0.1) is 0 Å². The van der Waals surface area contributed by atoms with E-state index in [0.29, 0.717) is 12.1 Å². The minimum Gasteiger partial charge on any atom is -0.507 e. The molecule has 2 fully saturated rings. The number of morpholine rings is 1. The Balaban J connectivity index is 1.67. The Kier molecular flexibility index (Phi) is 7.45. The van der Waals surface area contributed by atoms with Crippen molar-refractivity contribution >= 4 is 49.3 Å². The summed E-state index contributed by atoms with van der Waals surface area (Å²) in [5.41, 5.74) is 1.41. The van der Waals surface area contributed by atoms with Crippen molar-refractivity contribution in [3.63, 3.8) is 0 Å². The maximum Gasteiger partial charge on any atom is 0.295 e. The van der Waals surface area contributed by atoms with Gasteiger partial charge < -0.3 is 14.7 Å². The fraction of sp³-hybridized carbons (Fsp3) is 0.333. The molecule has 1 atom stereocenters. The zero-order valence-corrected chi connectivity index (χ0v) is 20.6. The first-order valence-electron chi connectivity index (χ1n) is 10.6. The molecular weight excluding hydrogens is 540 g/mol. The molecule has 0 unspecified atom stereocenters. The number of Topliss-reactive ketones (excluding diaryl/α,β-unsaturated/α-hetero) is 1. The lowest BCUT2D eigenvalue weighted by atomic mass is 9.95.